The highest BCUT2D eigenvalue weighted by Gasteiger charge is 2.20. The van der Waals surface area contributed by atoms with Crippen molar-refractivity contribution >= 4 is 28.2 Å². The molecule has 2 N–H and O–H groups in total. The molecule has 6 heteroatoms. The number of fused-ring (bicyclic) bond motifs is 1. The number of imidazole rings is 1. The zero-order valence-corrected chi connectivity index (χ0v) is 13.9. The maximum atomic E-state index is 4.44. The number of nitrogens with one attached hydrogen (secondary N) is 2. The number of rotatable bonds is 5. The van der Waals surface area contributed by atoms with Gasteiger partial charge in [0.15, 0.2) is 5.82 Å². The summed E-state index contributed by atoms with van der Waals surface area (Å²) in [6, 6.07) is 6.32. The number of thiophene rings is 1. The Labute approximate surface area is 139 Å². The van der Waals surface area contributed by atoms with Crippen LogP contribution in [0.15, 0.2) is 36.1 Å². The van der Waals surface area contributed by atoms with Crippen LogP contribution in [0, 0.1) is 5.92 Å². The molecule has 1 fully saturated rings. The van der Waals surface area contributed by atoms with Crippen LogP contribution < -0.4 is 5.32 Å². The molecule has 1 aliphatic heterocycles. The molecule has 1 aliphatic rings. The summed E-state index contributed by atoms with van der Waals surface area (Å²) in [5.74, 6) is 1.55. The monoisotopic (exact) mass is 327 g/mol. The third-order valence-electron chi connectivity index (χ3n) is 4.46. The highest BCUT2D eigenvalue weighted by molar-refractivity contribution is 7.09. The summed E-state index contributed by atoms with van der Waals surface area (Å²) >= 11 is 1.85. The molecule has 1 saturated heterocycles. The molecule has 1 atom stereocenters. The Morgan fingerprint density at radius 2 is 2.35 bits per heavy atom. The Bertz CT molecular complexity index is 751. The molecule has 3 aromatic rings. The number of pyridine rings is 1. The third-order valence-corrected chi connectivity index (χ3v) is 5.32. The molecule has 23 heavy (non-hydrogen) atoms. The van der Waals surface area contributed by atoms with E-state index in [9.17, 15) is 0 Å². The van der Waals surface area contributed by atoms with E-state index in [0.717, 1.165) is 36.5 Å². The van der Waals surface area contributed by atoms with Crippen molar-refractivity contribution < 1.29 is 0 Å². The van der Waals surface area contributed by atoms with E-state index in [4.69, 9.17) is 0 Å². The molecule has 5 nitrogen and oxygen atoms in total. The number of hydrogen-bond acceptors (Lipinski definition) is 5. The number of aromatic nitrogens is 3. The lowest BCUT2D eigenvalue weighted by Gasteiger charge is -2.32. The Hall–Kier alpha value is -1.92. The summed E-state index contributed by atoms with van der Waals surface area (Å²) in [6.45, 7) is 4.41. The Morgan fingerprint density at radius 1 is 1.35 bits per heavy atom. The standard InChI is InChI=1S/C17H21N5S/c1-3-13(10-22(7-1)11-14-4-2-8-23-14)9-19-17-16-15(5-6-18-17)20-12-21-16/h2,4-6,8,12-13H,1,3,7,9-11H2,(H,18,19)(H,20,21). The van der Waals surface area contributed by atoms with Gasteiger partial charge in [-0.25, -0.2) is 9.97 Å². The van der Waals surface area contributed by atoms with Gasteiger partial charge in [-0.3, -0.25) is 4.90 Å². The fraction of sp³-hybridized carbons (Fsp3) is 0.412. The van der Waals surface area contributed by atoms with Crippen LogP contribution in [0.1, 0.15) is 17.7 Å². The lowest BCUT2D eigenvalue weighted by atomic mass is 9.98. The van der Waals surface area contributed by atoms with Crippen LogP contribution in [0.25, 0.3) is 11.0 Å². The summed E-state index contributed by atoms with van der Waals surface area (Å²) in [7, 11) is 0. The average molecular weight is 327 g/mol. The minimum atomic E-state index is 0.666. The average Bonchev–Trinajstić information content (AvgIpc) is 3.24. The van der Waals surface area contributed by atoms with Crippen molar-refractivity contribution in [3.63, 3.8) is 0 Å². The van der Waals surface area contributed by atoms with Gasteiger partial charge in [0.05, 0.1) is 11.8 Å². The normalized spacial score (nSPS) is 19.2. The summed E-state index contributed by atoms with van der Waals surface area (Å²) in [6.07, 6.45) is 6.11. The number of aromatic amines is 1. The van der Waals surface area contributed by atoms with Crippen molar-refractivity contribution in [2.24, 2.45) is 5.92 Å². The number of likely N-dealkylation sites (tertiary alicyclic amines) is 1. The predicted octanol–water partition coefficient (Wildman–Crippen LogP) is 3.34. The molecule has 0 aliphatic carbocycles. The molecule has 3 aromatic heterocycles. The van der Waals surface area contributed by atoms with E-state index < -0.39 is 0 Å². The largest absolute Gasteiger partial charge is 0.368 e. The fourth-order valence-electron chi connectivity index (χ4n) is 3.32. The Balaban J connectivity index is 1.36. The minimum Gasteiger partial charge on any atom is -0.368 e. The van der Waals surface area contributed by atoms with Crippen LogP contribution in [0.2, 0.25) is 0 Å². The topological polar surface area (TPSA) is 56.8 Å². The van der Waals surface area contributed by atoms with E-state index in [0.29, 0.717) is 5.92 Å². The van der Waals surface area contributed by atoms with Gasteiger partial charge in [-0.05, 0) is 42.8 Å². The zero-order valence-electron chi connectivity index (χ0n) is 13.0. The van der Waals surface area contributed by atoms with E-state index >= 15 is 0 Å². The van der Waals surface area contributed by atoms with Gasteiger partial charge in [-0.15, -0.1) is 11.3 Å². The zero-order chi connectivity index (χ0) is 15.5. The van der Waals surface area contributed by atoms with Crippen LogP contribution in [0.4, 0.5) is 5.82 Å². The maximum Gasteiger partial charge on any atom is 0.154 e. The van der Waals surface area contributed by atoms with Crippen molar-refractivity contribution in [2.45, 2.75) is 19.4 Å². The van der Waals surface area contributed by atoms with Crippen LogP contribution in [0.3, 0.4) is 0 Å². The van der Waals surface area contributed by atoms with Gasteiger partial charge in [0, 0.05) is 30.7 Å². The maximum absolute atomic E-state index is 4.44. The molecule has 0 bridgehead atoms. The third kappa shape index (κ3) is 3.38. The SMILES string of the molecule is c1csc(CN2CCCC(CNc3nccc4[nH]cnc34)C2)c1. The first-order chi connectivity index (χ1) is 11.4. The molecule has 0 spiro atoms. The molecule has 0 amide bonds. The number of H-pyrrole nitrogens is 1. The molecule has 120 valence electrons. The molecule has 4 rings (SSSR count). The lowest BCUT2D eigenvalue weighted by molar-refractivity contribution is 0.174. The van der Waals surface area contributed by atoms with Gasteiger partial charge in [-0.1, -0.05) is 6.07 Å². The van der Waals surface area contributed by atoms with Gasteiger partial charge >= 0.3 is 0 Å². The van der Waals surface area contributed by atoms with Gasteiger partial charge in [0.25, 0.3) is 0 Å². The Morgan fingerprint density at radius 3 is 3.26 bits per heavy atom. The lowest BCUT2D eigenvalue weighted by Crippen LogP contribution is -2.37. The van der Waals surface area contributed by atoms with Crippen LogP contribution in [-0.2, 0) is 6.54 Å². The van der Waals surface area contributed by atoms with Gasteiger partial charge in [-0.2, -0.15) is 0 Å². The van der Waals surface area contributed by atoms with Crippen LogP contribution >= 0.6 is 11.3 Å². The van der Waals surface area contributed by atoms with Crippen molar-refractivity contribution in [3.8, 4) is 0 Å². The highest BCUT2D eigenvalue weighted by atomic mass is 32.1. The van der Waals surface area contributed by atoms with Crippen molar-refractivity contribution in [1.29, 1.82) is 0 Å². The van der Waals surface area contributed by atoms with Crippen LogP contribution in [-0.4, -0.2) is 39.5 Å². The molecular formula is C17H21N5S. The van der Waals surface area contributed by atoms with Gasteiger partial charge in [0.1, 0.15) is 5.52 Å². The first-order valence-electron chi connectivity index (χ1n) is 8.15. The molecule has 0 aromatic carbocycles. The van der Waals surface area contributed by atoms with E-state index in [1.165, 1.54) is 24.3 Å². The quantitative estimate of drug-likeness (QED) is 0.754. The highest BCUT2D eigenvalue weighted by Crippen LogP contribution is 2.22. The second kappa shape index (κ2) is 6.68. The Kier molecular flexibility index (Phi) is 4.26. The summed E-state index contributed by atoms with van der Waals surface area (Å²) in [5.41, 5.74) is 1.96. The summed E-state index contributed by atoms with van der Waals surface area (Å²) in [5, 5.41) is 5.67. The van der Waals surface area contributed by atoms with Crippen molar-refractivity contribution in [3.05, 3.63) is 41.0 Å². The number of anilines is 1. The first-order valence-corrected chi connectivity index (χ1v) is 9.03. The molecule has 0 saturated carbocycles. The first kappa shape index (κ1) is 14.7. The summed E-state index contributed by atoms with van der Waals surface area (Å²) in [4.78, 5) is 16.0. The van der Waals surface area contributed by atoms with Crippen molar-refractivity contribution in [1.82, 2.24) is 19.9 Å². The number of nitrogens with zero attached hydrogens (tertiary/aromatic N) is 3. The van der Waals surface area contributed by atoms with E-state index in [1.54, 1.807) is 6.33 Å². The van der Waals surface area contributed by atoms with E-state index in [2.05, 4.69) is 42.7 Å². The number of piperidine rings is 1. The van der Waals surface area contributed by atoms with Gasteiger partial charge in [0.2, 0.25) is 0 Å². The minimum absolute atomic E-state index is 0.666. The van der Waals surface area contributed by atoms with Crippen molar-refractivity contribution in [2.75, 3.05) is 25.0 Å². The summed E-state index contributed by atoms with van der Waals surface area (Å²) < 4.78 is 0. The fourth-order valence-corrected chi connectivity index (χ4v) is 4.07. The molecule has 1 unspecified atom stereocenters. The van der Waals surface area contributed by atoms with Crippen LogP contribution in [0.5, 0.6) is 0 Å². The second-order valence-electron chi connectivity index (χ2n) is 6.16. The smallest absolute Gasteiger partial charge is 0.154 e. The van der Waals surface area contributed by atoms with E-state index in [-0.39, 0.29) is 0 Å². The molecule has 4 heterocycles. The molecule has 0 radical (unpaired) electrons. The van der Waals surface area contributed by atoms with E-state index in [1.807, 2.05) is 23.6 Å². The number of hydrogen-bond donors (Lipinski definition) is 2. The van der Waals surface area contributed by atoms with Gasteiger partial charge < -0.3 is 10.3 Å². The predicted molar refractivity (Wildman–Crippen MR) is 94.7 cm³/mol. The second-order valence-corrected chi connectivity index (χ2v) is 7.19. The molecular weight excluding hydrogens is 306 g/mol.